The largest absolute Gasteiger partial charge is 0.368 e. The number of carbonyl (C=O) groups excluding carboxylic acids is 1. The Morgan fingerprint density at radius 3 is 2.32 bits per heavy atom. The fourth-order valence-corrected chi connectivity index (χ4v) is 4.59. The van der Waals surface area contributed by atoms with E-state index in [1.54, 1.807) is 0 Å². The molecule has 144 valence electrons. The summed E-state index contributed by atoms with van der Waals surface area (Å²) in [6.07, 6.45) is 1.02. The maximum atomic E-state index is 13.1. The van der Waals surface area contributed by atoms with Crippen LogP contribution in [0, 0.1) is 6.92 Å². The van der Waals surface area contributed by atoms with Crippen LogP contribution in [0.2, 0.25) is 0 Å². The topological polar surface area (TPSA) is 36.4 Å². The number of rotatable bonds is 4. The summed E-state index contributed by atoms with van der Waals surface area (Å²) in [4.78, 5) is 22.8. The summed E-state index contributed by atoms with van der Waals surface area (Å²) in [6.45, 7) is 7.29. The van der Waals surface area contributed by atoms with Gasteiger partial charge >= 0.3 is 0 Å². The predicted octanol–water partition coefficient (Wildman–Crippen LogP) is 4.64. The van der Waals surface area contributed by atoms with Gasteiger partial charge in [0, 0.05) is 37.4 Å². The number of anilines is 1. The van der Waals surface area contributed by atoms with Crippen molar-refractivity contribution < 1.29 is 4.79 Å². The molecule has 1 aromatic heterocycles. The molecule has 1 aliphatic heterocycles. The zero-order chi connectivity index (χ0) is 19.5. The van der Waals surface area contributed by atoms with E-state index in [-0.39, 0.29) is 5.91 Å². The fraction of sp³-hybridized carbons (Fsp3) is 0.304. The number of aryl methyl sites for hydroxylation is 2. The SMILES string of the molecule is CCc1ccc(-c2nc(C)c(C(=O)N3CCN(c4ccccc4)CC3)s2)cc1. The number of amides is 1. The van der Waals surface area contributed by atoms with E-state index in [2.05, 4.69) is 65.3 Å². The Hall–Kier alpha value is -2.66. The lowest BCUT2D eigenvalue weighted by atomic mass is 10.1. The van der Waals surface area contributed by atoms with E-state index in [9.17, 15) is 4.79 Å². The number of nitrogens with zero attached hydrogens (tertiary/aromatic N) is 3. The van der Waals surface area contributed by atoms with Gasteiger partial charge in [-0.05, 0) is 31.0 Å². The number of benzene rings is 2. The van der Waals surface area contributed by atoms with Crippen LogP contribution in [0.25, 0.3) is 10.6 Å². The second kappa shape index (κ2) is 8.15. The Morgan fingerprint density at radius 2 is 1.68 bits per heavy atom. The van der Waals surface area contributed by atoms with E-state index in [1.165, 1.54) is 22.6 Å². The van der Waals surface area contributed by atoms with E-state index in [1.807, 2.05) is 17.9 Å². The first kappa shape index (κ1) is 18.7. The first-order valence-electron chi connectivity index (χ1n) is 9.81. The predicted molar refractivity (Wildman–Crippen MR) is 116 cm³/mol. The van der Waals surface area contributed by atoms with Crippen molar-refractivity contribution in [2.75, 3.05) is 31.1 Å². The lowest BCUT2D eigenvalue weighted by molar-refractivity contribution is 0.0750. The van der Waals surface area contributed by atoms with Gasteiger partial charge < -0.3 is 9.80 Å². The molecule has 1 saturated heterocycles. The van der Waals surface area contributed by atoms with Gasteiger partial charge in [0.2, 0.25) is 0 Å². The Kier molecular flexibility index (Phi) is 5.44. The average molecular weight is 392 g/mol. The normalized spacial score (nSPS) is 14.4. The van der Waals surface area contributed by atoms with Gasteiger partial charge in [-0.3, -0.25) is 4.79 Å². The molecular formula is C23H25N3OS. The van der Waals surface area contributed by atoms with Crippen LogP contribution in [0.3, 0.4) is 0 Å². The van der Waals surface area contributed by atoms with Crippen LogP contribution in [0.4, 0.5) is 5.69 Å². The highest BCUT2D eigenvalue weighted by atomic mass is 32.1. The van der Waals surface area contributed by atoms with E-state index in [4.69, 9.17) is 0 Å². The Bertz CT molecular complexity index is 942. The van der Waals surface area contributed by atoms with Gasteiger partial charge in [-0.25, -0.2) is 4.98 Å². The molecule has 4 rings (SSSR count). The zero-order valence-corrected chi connectivity index (χ0v) is 17.2. The van der Waals surface area contributed by atoms with Gasteiger partial charge in [0.05, 0.1) is 5.69 Å². The first-order chi connectivity index (χ1) is 13.7. The van der Waals surface area contributed by atoms with Crippen LogP contribution in [0.15, 0.2) is 54.6 Å². The molecule has 0 bridgehead atoms. The summed E-state index contributed by atoms with van der Waals surface area (Å²) >= 11 is 1.51. The number of para-hydroxylation sites is 1. The van der Waals surface area contributed by atoms with E-state index >= 15 is 0 Å². The lowest BCUT2D eigenvalue weighted by Crippen LogP contribution is -2.48. The molecule has 28 heavy (non-hydrogen) atoms. The summed E-state index contributed by atoms with van der Waals surface area (Å²) in [7, 11) is 0. The molecule has 1 fully saturated rings. The minimum absolute atomic E-state index is 0.110. The molecule has 0 N–H and O–H groups in total. The number of piperazine rings is 1. The van der Waals surface area contributed by atoms with Crippen molar-refractivity contribution in [2.45, 2.75) is 20.3 Å². The fourth-order valence-electron chi connectivity index (χ4n) is 3.55. The van der Waals surface area contributed by atoms with Gasteiger partial charge in [0.25, 0.3) is 5.91 Å². The molecule has 3 aromatic rings. The molecule has 0 saturated carbocycles. The zero-order valence-electron chi connectivity index (χ0n) is 16.4. The number of hydrogen-bond acceptors (Lipinski definition) is 4. The molecule has 0 unspecified atom stereocenters. The maximum absolute atomic E-state index is 13.1. The summed E-state index contributed by atoms with van der Waals surface area (Å²) < 4.78 is 0. The number of hydrogen-bond donors (Lipinski definition) is 0. The number of thiazole rings is 1. The van der Waals surface area contributed by atoms with Crippen molar-refractivity contribution in [1.29, 1.82) is 0 Å². The quantitative estimate of drug-likeness (QED) is 0.650. The summed E-state index contributed by atoms with van der Waals surface area (Å²) in [5.41, 5.74) is 4.44. The van der Waals surface area contributed by atoms with Crippen LogP contribution in [-0.2, 0) is 6.42 Å². The standard InChI is InChI=1S/C23H25N3OS/c1-3-18-9-11-19(12-10-18)22-24-17(2)21(28-22)23(27)26-15-13-25(14-16-26)20-7-5-4-6-8-20/h4-12H,3,13-16H2,1-2H3. The summed E-state index contributed by atoms with van der Waals surface area (Å²) in [6, 6.07) is 18.9. The summed E-state index contributed by atoms with van der Waals surface area (Å²) in [5.74, 6) is 0.110. The van der Waals surface area contributed by atoms with Gasteiger partial charge in [0.15, 0.2) is 0 Å². The Balaban J connectivity index is 1.46. The van der Waals surface area contributed by atoms with Gasteiger partial charge in [-0.2, -0.15) is 0 Å². The molecule has 0 aliphatic carbocycles. The minimum atomic E-state index is 0.110. The Morgan fingerprint density at radius 1 is 1.00 bits per heavy atom. The van der Waals surface area contributed by atoms with E-state index in [0.717, 1.165) is 53.7 Å². The van der Waals surface area contributed by atoms with Gasteiger partial charge in [0.1, 0.15) is 9.88 Å². The monoisotopic (exact) mass is 391 g/mol. The molecular weight excluding hydrogens is 366 g/mol. The summed E-state index contributed by atoms with van der Waals surface area (Å²) in [5, 5.41) is 0.923. The maximum Gasteiger partial charge on any atom is 0.265 e. The average Bonchev–Trinajstić information content (AvgIpc) is 3.15. The lowest BCUT2D eigenvalue weighted by Gasteiger charge is -2.36. The van der Waals surface area contributed by atoms with Crippen molar-refractivity contribution in [1.82, 2.24) is 9.88 Å². The molecule has 0 spiro atoms. The molecule has 4 nitrogen and oxygen atoms in total. The molecule has 1 amide bonds. The van der Waals surface area contributed by atoms with Crippen molar-refractivity contribution in [3.63, 3.8) is 0 Å². The number of aromatic nitrogens is 1. The highest BCUT2D eigenvalue weighted by Gasteiger charge is 2.25. The van der Waals surface area contributed by atoms with Crippen molar-refractivity contribution in [3.05, 3.63) is 70.7 Å². The molecule has 1 aliphatic rings. The second-order valence-corrected chi connectivity index (χ2v) is 8.10. The van der Waals surface area contributed by atoms with E-state index < -0.39 is 0 Å². The highest BCUT2D eigenvalue weighted by molar-refractivity contribution is 7.17. The third-order valence-corrected chi connectivity index (χ3v) is 6.48. The second-order valence-electron chi connectivity index (χ2n) is 7.10. The van der Waals surface area contributed by atoms with Crippen molar-refractivity contribution in [2.24, 2.45) is 0 Å². The Labute approximate surface area is 170 Å². The number of carbonyl (C=O) groups is 1. The van der Waals surface area contributed by atoms with Crippen molar-refractivity contribution in [3.8, 4) is 10.6 Å². The molecule has 0 atom stereocenters. The highest BCUT2D eigenvalue weighted by Crippen LogP contribution is 2.29. The van der Waals surface area contributed by atoms with Gasteiger partial charge in [-0.1, -0.05) is 49.4 Å². The molecule has 2 heterocycles. The van der Waals surface area contributed by atoms with Crippen molar-refractivity contribution >= 4 is 22.9 Å². The molecule has 5 heteroatoms. The minimum Gasteiger partial charge on any atom is -0.368 e. The third-order valence-electron chi connectivity index (χ3n) is 5.29. The molecule has 2 aromatic carbocycles. The molecule has 0 radical (unpaired) electrons. The van der Waals surface area contributed by atoms with E-state index in [0.29, 0.717) is 0 Å². The van der Waals surface area contributed by atoms with Gasteiger partial charge in [-0.15, -0.1) is 11.3 Å². The van der Waals surface area contributed by atoms with Crippen LogP contribution >= 0.6 is 11.3 Å². The smallest absolute Gasteiger partial charge is 0.265 e. The van der Waals surface area contributed by atoms with Crippen LogP contribution < -0.4 is 4.90 Å². The first-order valence-corrected chi connectivity index (χ1v) is 10.6. The van der Waals surface area contributed by atoms with Crippen LogP contribution in [0.1, 0.15) is 27.9 Å². The van der Waals surface area contributed by atoms with Crippen LogP contribution in [0.5, 0.6) is 0 Å². The third kappa shape index (κ3) is 3.80. The van der Waals surface area contributed by atoms with Crippen LogP contribution in [-0.4, -0.2) is 42.0 Å².